The Bertz CT molecular complexity index is 732. The number of hydrogen-bond acceptors (Lipinski definition) is 3. The van der Waals surface area contributed by atoms with Gasteiger partial charge in [-0.25, -0.2) is 4.39 Å². The van der Waals surface area contributed by atoms with E-state index in [0.717, 1.165) is 12.8 Å². The molecule has 0 unspecified atom stereocenters. The van der Waals surface area contributed by atoms with E-state index >= 15 is 0 Å². The third kappa shape index (κ3) is 6.55. The number of halogens is 1. The van der Waals surface area contributed by atoms with Crippen molar-refractivity contribution in [2.45, 2.75) is 26.3 Å². The highest BCUT2D eigenvalue weighted by Crippen LogP contribution is 2.12. The minimum Gasteiger partial charge on any atom is -0.494 e. The van der Waals surface area contributed by atoms with Crippen LogP contribution in [0.1, 0.15) is 35.7 Å². The summed E-state index contributed by atoms with van der Waals surface area (Å²) in [5.41, 5.74) is 1.11. The van der Waals surface area contributed by atoms with Crippen LogP contribution in [0.5, 0.6) is 5.75 Å². The van der Waals surface area contributed by atoms with Crippen molar-refractivity contribution in [3.8, 4) is 5.75 Å². The van der Waals surface area contributed by atoms with Crippen LogP contribution in [0.25, 0.3) is 0 Å². The van der Waals surface area contributed by atoms with Crippen LogP contribution in [0.15, 0.2) is 48.5 Å². The summed E-state index contributed by atoms with van der Waals surface area (Å²) in [6, 6.07) is 12.8. The average Bonchev–Trinajstić information content (AvgIpc) is 2.65. The van der Waals surface area contributed by atoms with Crippen molar-refractivity contribution in [2.75, 3.05) is 13.2 Å². The van der Waals surface area contributed by atoms with Gasteiger partial charge in [-0.1, -0.05) is 25.5 Å². The fourth-order valence-electron chi connectivity index (χ4n) is 2.21. The molecule has 0 aliphatic carbocycles. The lowest BCUT2D eigenvalue weighted by atomic mass is 10.2. The maximum atomic E-state index is 13.1. The van der Waals surface area contributed by atoms with Crippen LogP contribution in [-0.4, -0.2) is 25.0 Å². The molecule has 138 valence electrons. The molecule has 2 rings (SSSR count). The summed E-state index contributed by atoms with van der Waals surface area (Å²) in [4.78, 5) is 23.9. The van der Waals surface area contributed by atoms with E-state index in [-0.39, 0.29) is 30.7 Å². The lowest BCUT2D eigenvalue weighted by molar-refractivity contribution is -0.120. The van der Waals surface area contributed by atoms with Crippen LogP contribution in [0.4, 0.5) is 4.39 Å². The van der Waals surface area contributed by atoms with E-state index in [9.17, 15) is 14.0 Å². The predicted octanol–water partition coefficient (Wildman–Crippen LogP) is 3.05. The molecule has 2 aromatic carbocycles. The zero-order chi connectivity index (χ0) is 18.8. The quantitative estimate of drug-likeness (QED) is 0.677. The van der Waals surface area contributed by atoms with Gasteiger partial charge in [-0.05, 0) is 48.4 Å². The highest BCUT2D eigenvalue weighted by atomic mass is 19.1. The Morgan fingerprint density at radius 2 is 1.85 bits per heavy atom. The van der Waals surface area contributed by atoms with Gasteiger partial charge in [-0.3, -0.25) is 9.59 Å². The molecule has 0 saturated heterocycles. The first-order valence-electron chi connectivity index (χ1n) is 8.60. The van der Waals surface area contributed by atoms with Gasteiger partial charge in [-0.2, -0.15) is 0 Å². The van der Waals surface area contributed by atoms with E-state index in [1.807, 2.05) is 0 Å². The van der Waals surface area contributed by atoms with Crippen LogP contribution < -0.4 is 15.4 Å². The lowest BCUT2D eigenvalue weighted by Gasteiger charge is -2.08. The predicted molar refractivity (Wildman–Crippen MR) is 97.4 cm³/mol. The Balaban J connectivity index is 1.74. The molecule has 26 heavy (non-hydrogen) atoms. The molecular formula is C20H23FN2O3. The molecule has 0 saturated carbocycles. The molecule has 0 heterocycles. The number of carbonyl (C=O) groups is 2. The van der Waals surface area contributed by atoms with Crippen LogP contribution >= 0.6 is 0 Å². The topological polar surface area (TPSA) is 67.4 Å². The standard InChI is InChI=1S/C20H23FN2O3/c1-2-3-11-26-18-9-7-16(8-10-18)20(25)23-14-19(24)22-13-15-5-4-6-17(21)12-15/h4-10,12H,2-3,11,13-14H2,1H3,(H,22,24)(H,23,25). The van der Waals surface area contributed by atoms with Gasteiger partial charge in [0.1, 0.15) is 11.6 Å². The molecule has 0 aromatic heterocycles. The fourth-order valence-corrected chi connectivity index (χ4v) is 2.21. The number of unbranched alkanes of at least 4 members (excludes halogenated alkanes) is 1. The molecule has 2 amide bonds. The van der Waals surface area contributed by atoms with Gasteiger partial charge in [0.25, 0.3) is 5.91 Å². The molecule has 0 atom stereocenters. The SMILES string of the molecule is CCCCOc1ccc(C(=O)NCC(=O)NCc2cccc(F)c2)cc1. The maximum absolute atomic E-state index is 13.1. The highest BCUT2D eigenvalue weighted by Gasteiger charge is 2.08. The van der Waals surface area contributed by atoms with Gasteiger partial charge >= 0.3 is 0 Å². The summed E-state index contributed by atoms with van der Waals surface area (Å²) < 4.78 is 18.6. The maximum Gasteiger partial charge on any atom is 0.251 e. The largest absolute Gasteiger partial charge is 0.494 e. The van der Waals surface area contributed by atoms with Gasteiger partial charge in [-0.15, -0.1) is 0 Å². The van der Waals surface area contributed by atoms with Crippen LogP contribution in [0.3, 0.4) is 0 Å². The van der Waals surface area contributed by atoms with Gasteiger partial charge in [0.2, 0.25) is 5.91 Å². The van der Waals surface area contributed by atoms with Gasteiger partial charge < -0.3 is 15.4 Å². The number of benzene rings is 2. The van der Waals surface area contributed by atoms with Gasteiger partial charge in [0.15, 0.2) is 0 Å². The molecule has 0 bridgehead atoms. The summed E-state index contributed by atoms with van der Waals surface area (Å²) >= 11 is 0. The van der Waals surface area contributed by atoms with Crippen molar-refractivity contribution in [1.29, 1.82) is 0 Å². The van der Waals surface area contributed by atoms with Crippen molar-refractivity contribution in [3.63, 3.8) is 0 Å². The minimum absolute atomic E-state index is 0.150. The van der Waals surface area contributed by atoms with E-state index in [1.165, 1.54) is 12.1 Å². The normalized spacial score (nSPS) is 10.2. The van der Waals surface area contributed by atoms with Crippen molar-refractivity contribution in [3.05, 3.63) is 65.5 Å². The lowest BCUT2D eigenvalue weighted by Crippen LogP contribution is -2.36. The number of carbonyl (C=O) groups excluding carboxylic acids is 2. The Kier molecular flexibility index (Phi) is 7.61. The van der Waals surface area contributed by atoms with E-state index < -0.39 is 0 Å². The fraction of sp³-hybridized carbons (Fsp3) is 0.300. The van der Waals surface area contributed by atoms with E-state index in [4.69, 9.17) is 4.74 Å². The zero-order valence-corrected chi connectivity index (χ0v) is 14.8. The Hall–Kier alpha value is -2.89. The van der Waals surface area contributed by atoms with E-state index in [0.29, 0.717) is 23.5 Å². The summed E-state index contributed by atoms with van der Waals surface area (Å²) in [5.74, 6) is -0.330. The second-order valence-corrected chi connectivity index (χ2v) is 5.82. The zero-order valence-electron chi connectivity index (χ0n) is 14.8. The third-order valence-electron chi connectivity index (χ3n) is 3.67. The molecule has 0 radical (unpaired) electrons. The smallest absolute Gasteiger partial charge is 0.251 e. The highest BCUT2D eigenvalue weighted by molar-refractivity contribution is 5.96. The molecule has 6 heteroatoms. The molecule has 2 N–H and O–H groups in total. The van der Waals surface area contributed by atoms with E-state index in [1.54, 1.807) is 36.4 Å². The molecule has 0 aliphatic heterocycles. The summed E-state index contributed by atoms with van der Waals surface area (Å²) in [7, 11) is 0. The number of amides is 2. The van der Waals surface area contributed by atoms with Gasteiger partial charge in [0.05, 0.1) is 13.2 Å². The Morgan fingerprint density at radius 1 is 1.08 bits per heavy atom. The number of rotatable bonds is 9. The monoisotopic (exact) mass is 358 g/mol. The molecule has 0 spiro atoms. The first kappa shape index (κ1) is 19.4. The Morgan fingerprint density at radius 3 is 2.54 bits per heavy atom. The first-order valence-corrected chi connectivity index (χ1v) is 8.60. The third-order valence-corrected chi connectivity index (χ3v) is 3.67. The van der Waals surface area contributed by atoms with Crippen molar-refractivity contribution in [1.82, 2.24) is 10.6 Å². The summed E-state index contributed by atoms with van der Waals surface area (Å²) in [6.07, 6.45) is 2.04. The Labute approximate surface area is 152 Å². The van der Waals surface area contributed by atoms with Crippen molar-refractivity contribution < 1.29 is 18.7 Å². The average molecular weight is 358 g/mol. The second kappa shape index (κ2) is 10.2. The molecule has 5 nitrogen and oxygen atoms in total. The molecular weight excluding hydrogens is 335 g/mol. The minimum atomic E-state index is -0.354. The second-order valence-electron chi connectivity index (χ2n) is 5.82. The van der Waals surface area contributed by atoms with Crippen LogP contribution in [-0.2, 0) is 11.3 Å². The van der Waals surface area contributed by atoms with Crippen LogP contribution in [0.2, 0.25) is 0 Å². The van der Waals surface area contributed by atoms with Gasteiger partial charge in [0, 0.05) is 12.1 Å². The number of nitrogens with one attached hydrogen (secondary N) is 2. The molecule has 0 fully saturated rings. The van der Waals surface area contributed by atoms with Crippen molar-refractivity contribution in [2.24, 2.45) is 0 Å². The van der Waals surface area contributed by atoms with Crippen molar-refractivity contribution >= 4 is 11.8 Å². The first-order chi connectivity index (χ1) is 12.6. The molecule has 2 aromatic rings. The van der Waals surface area contributed by atoms with Crippen LogP contribution in [0, 0.1) is 5.82 Å². The summed E-state index contributed by atoms with van der Waals surface area (Å²) in [5, 5.41) is 5.18. The molecule has 0 aliphatic rings. The number of hydrogen-bond donors (Lipinski definition) is 2. The van der Waals surface area contributed by atoms with E-state index in [2.05, 4.69) is 17.6 Å². The number of ether oxygens (including phenoxy) is 1. The summed E-state index contributed by atoms with van der Waals surface area (Å²) in [6.45, 7) is 2.79.